The number of anilines is 2. The monoisotopic (exact) mass is 318 g/mol. The molecule has 0 saturated carbocycles. The molecule has 1 aromatic carbocycles. The Labute approximate surface area is 135 Å². The molecule has 124 valence electrons. The van der Waals surface area contributed by atoms with Crippen LogP contribution in [0.25, 0.3) is 0 Å². The van der Waals surface area contributed by atoms with E-state index in [4.69, 9.17) is 0 Å². The minimum atomic E-state index is -0.237. The van der Waals surface area contributed by atoms with Gasteiger partial charge in [-0.25, -0.2) is 0 Å². The predicted molar refractivity (Wildman–Crippen MR) is 88.4 cm³/mol. The van der Waals surface area contributed by atoms with Crippen molar-refractivity contribution in [1.82, 2.24) is 10.2 Å². The van der Waals surface area contributed by atoms with Crippen LogP contribution in [0.2, 0.25) is 0 Å². The zero-order valence-corrected chi connectivity index (χ0v) is 13.6. The first-order valence-electron chi connectivity index (χ1n) is 7.59. The molecular formula is C16H22N4O3. The molecule has 23 heavy (non-hydrogen) atoms. The first-order chi connectivity index (χ1) is 10.9. The molecule has 0 radical (unpaired) electrons. The van der Waals surface area contributed by atoms with Crippen molar-refractivity contribution in [2.24, 2.45) is 0 Å². The van der Waals surface area contributed by atoms with Crippen molar-refractivity contribution in [1.29, 1.82) is 0 Å². The molecule has 1 heterocycles. The number of hydrogen-bond donors (Lipinski definition) is 3. The molecule has 3 amide bonds. The molecule has 0 bridgehead atoms. The maximum Gasteiger partial charge on any atom is 0.254 e. The van der Waals surface area contributed by atoms with Gasteiger partial charge in [-0.3, -0.25) is 14.4 Å². The zero-order chi connectivity index (χ0) is 17.0. The van der Waals surface area contributed by atoms with Crippen LogP contribution >= 0.6 is 0 Å². The van der Waals surface area contributed by atoms with E-state index in [2.05, 4.69) is 16.0 Å². The lowest BCUT2D eigenvalue weighted by molar-refractivity contribution is -0.115. The van der Waals surface area contributed by atoms with Gasteiger partial charge in [-0.05, 0) is 25.1 Å². The van der Waals surface area contributed by atoms with Crippen molar-refractivity contribution in [2.45, 2.75) is 26.8 Å². The fourth-order valence-corrected chi connectivity index (χ4v) is 2.61. The second-order valence-corrected chi connectivity index (χ2v) is 5.71. The molecule has 7 heteroatoms. The number of hydrogen-bond acceptors (Lipinski definition) is 4. The van der Waals surface area contributed by atoms with E-state index in [-0.39, 0.29) is 23.8 Å². The molecule has 1 aliphatic rings. The fraction of sp³-hybridized carbons (Fsp3) is 0.438. The maximum absolute atomic E-state index is 12.8. The van der Waals surface area contributed by atoms with Crippen LogP contribution in [-0.4, -0.2) is 48.3 Å². The van der Waals surface area contributed by atoms with Gasteiger partial charge in [0.05, 0.1) is 0 Å². The highest BCUT2D eigenvalue weighted by Crippen LogP contribution is 2.21. The normalized spacial score (nSPS) is 17.5. The van der Waals surface area contributed by atoms with E-state index in [1.807, 2.05) is 6.92 Å². The minimum Gasteiger partial charge on any atom is -0.333 e. The Balaban J connectivity index is 2.32. The zero-order valence-electron chi connectivity index (χ0n) is 13.6. The average Bonchev–Trinajstić information content (AvgIpc) is 2.45. The van der Waals surface area contributed by atoms with Crippen LogP contribution in [0.1, 0.15) is 31.1 Å². The van der Waals surface area contributed by atoms with E-state index in [0.717, 1.165) is 13.1 Å². The number of benzene rings is 1. The Morgan fingerprint density at radius 1 is 1.09 bits per heavy atom. The molecule has 1 fully saturated rings. The number of nitrogens with one attached hydrogen (secondary N) is 3. The van der Waals surface area contributed by atoms with E-state index >= 15 is 0 Å². The van der Waals surface area contributed by atoms with Gasteiger partial charge in [0.25, 0.3) is 5.91 Å². The summed E-state index contributed by atoms with van der Waals surface area (Å²) in [6, 6.07) is 4.97. The summed E-state index contributed by atoms with van der Waals surface area (Å²) >= 11 is 0. The van der Waals surface area contributed by atoms with E-state index < -0.39 is 0 Å². The summed E-state index contributed by atoms with van der Waals surface area (Å²) in [5.74, 6) is -0.587. The number of rotatable bonds is 3. The highest BCUT2D eigenvalue weighted by Gasteiger charge is 2.24. The molecule has 0 aliphatic carbocycles. The van der Waals surface area contributed by atoms with Crippen molar-refractivity contribution < 1.29 is 14.4 Å². The van der Waals surface area contributed by atoms with Gasteiger partial charge in [0.1, 0.15) is 0 Å². The van der Waals surface area contributed by atoms with Gasteiger partial charge in [0.15, 0.2) is 0 Å². The second-order valence-electron chi connectivity index (χ2n) is 5.71. The van der Waals surface area contributed by atoms with Crippen LogP contribution < -0.4 is 16.0 Å². The van der Waals surface area contributed by atoms with Crippen molar-refractivity contribution >= 4 is 29.1 Å². The van der Waals surface area contributed by atoms with Crippen LogP contribution in [0.4, 0.5) is 11.4 Å². The summed E-state index contributed by atoms with van der Waals surface area (Å²) in [6.07, 6.45) is 0. The van der Waals surface area contributed by atoms with Gasteiger partial charge < -0.3 is 20.9 Å². The third-order valence-corrected chi connectivity index (χ3v) is 3.58. The Morgan fingerprint density at radius 3 is 2.13 bits per heavy atom. The van der Waals surface area contributed by atoms with Crippen molar-refractivity contribution in [2.75, 3.05) is 30.3 Å². The Hall–Kier alpha value is -2.41. The smallest absolute Gasteiger partial charge is 0.254 e. The lowest BCUT2D eigenvalue weighted by Crippen LogP contribution is -2.52. The minimum absolute atomic E-state index is 0.0879. The number of carbonyl (C=O) groups excluding carboxylic acids is 3. The molecule has 0 aromatic heterocycles. The van der Waals surface area contributed by atoms with E-state index in [1.165, 1.54) is 13.8 Å². The lowest BCUT2D eigenvalue weighted by Gasteiger charge is -2.34. The van der Waals surface area contributed by atoms with Crippen LogP contribution in [0, 0.1) is 0 Å². The summed E-state index contributed by atoms with van der Waals surface area (Å²) in [5.41, 5.74) is 1.40. The summed E-state index contributed by atoms with van der Waals surface area (Å²) in [4.78, 5) is 37.1. The number of carbonyl (C=O) groups is 3. The van der Waals surface area contributed by atoms with Gasteiger partial charge in [0.2, 0.25) is 11.8 Å². The molecule has 0 spiro atoms. The fourth-order valence-electron chi connectivity index (χ4n) is 2.61. The first-order valence-corrected chi connectivity index (χ1v) is 7.59. The molecule has 3 N–H and O–H groups in total. The summed E-state index contributed by atoms with van der Waals surface area (Å²) in [7, 11) is 0. The highest BCUT2D eigenvalue weighted by molar-refractivity contribution is 6.00. The Bertz CT molecular complexity index is 596. The van der Waals surface area contributed by atoms with Gasteiger partial charge in [-0.15, -0.1) is 0 Å². The molecule has 2 rings (SSSR count). The number of piperazine rings is 1. The average molecular weight is 318 g/mol. The third-order valence-electron chi connectivity index (χ3n) is 3.58. The molecular weight excluding hydrogens is 296 g/mol. The van der Waals surface area contributed by atoms with Gasteiger partial charge in [-0.2, -0.15) is 0 Å². The molecule has 1 saturated heterocycles. The van der Waals surface area contributed by atoms with Crippen LogP contribution in [0.5, 0.6) is 0 Å². The van der Waals surface area contributed by atoms with Crippen LogP contribution in [-0.2, 0) is 9.59 Å². The molecule has 0 unspecified atom stereocenters. The quantitative estimate of drug-likeness (QED) is 0.776. The largest absolute Gasteiger partial charge is 0.333 e. The van der Waals surface area contributed by atoms with Gasteiger partial charge in [0, 0.05) is 56.5 Å². The lowest BCUT2D eigenvalue weighted by atomic mass is 10.1. The Morgan fingerprint density at radius 2 is 1.65 bits per heavy atom. The van der Waals surface area contributed by atoms with Crippen molar-refractivity contribution in [3.8, 4) is 0 Å². The van der Waals surface area contributed by atoms with Gasteiger partial charge >= 0.3 is 0 Å². The van der Waals surface area contributed by atoms with Crippen molar-refractivity contribution in [3.05, 3.63) is 23.8 Å². The van der Waals surface area contributed by atoms with Crippen LogP contribution in [0.3, 0.4) is 0 Å². The molecule has 1 atom stereocenters. The van der Waals surface area contributed by atoms with E-state index in [9.17, 15) is 14.4 Å². The summed E-state index contributed by atoms with van der Waals surface area (Å²) < 4.78 is 0. The predicted octanol–water partition coefficient (Wildman–Crippen LogP) is 1.04. The number of amides is 3. The van der Waals surface area contributed by atoms with Gasteiger partial charge in [-0.1, -0.05) is 0 Å². The second kappa shape index (κ2) is 7.23. The molecule has 1 aromatic rings. The maximum atomic E-state index is 12.8. The standard InChI is InChI=1S/C16H22N4O3/c1-10-9-17-4-5-20(10)16(23)13-6-14(18-11(2)21)8-15(7-13)19-12(3)22/h6-8,10,17H,4-5,9H2,1-3H3,(H,18,21)(H,19,22)/t10-/m0/s1. The highest BCUT2D eigenvalue weighted by atomic mass is 16.2. The molecule has 7 nitrogen and oxygen atoms in total. The summed E-state index contributed by atoms with van der Waals surface area (Å²) in [6.45, 7) is 6.89. The first kappa shape index (κ1) is 17.0. The SMILES string of the molecule is CC(=O)Nc1cc(NC(C)=O)cc(C(=O)N2CCNC[C@@H]2C)c1. The van der Waals surface area contributed by atoms with Crippen LogP contribution in [0.15, 0.2) is 18.2 Å². The number of nitrogens with zero attached hydrogens (tertiary/aromatic N) is 1. The van der Waals surface area contributed by atoms with E-state index in [0.29, 0.717) is 23.5 Å². The van der Waals surface area contributed by atoms with E-state index in [1.54, 1.807) is 23.1 Å². The Kier molecular flexibility index (Phi) is 5.33. The molecule has 1 aliphatic heterocycles. The third kappa shape index (κ3) is 4.53. The van der Waals surface area contributed by atoms with Crippen molar-refractivity contribution in [3.63, 3.8) is 0 Å². The topological polar surface area (TPSA) is 90.5 Å². The summed E-state index contributed by atoms with van der Waals surface area (Å²) in [5, 5.41) is 8.55.